The van der Waals surface area contributed by atoms with E-state index in [0.717, 1.165) is 64.3 Å². The van der Waals surface area contributed by atoms with Crippen LogP contribution in [0.3, 0.4) is 0 Å². The molecule has 0 spiro atoms. The molecule has 0 radical (unpaired) electrons. The first-order valence-electron chi connectivity index (χ1n) is 12.6. The van der Waals surface area contributed by atoms with E-state index < -0.39 is 11.9 Å². The molecule has 3 heterocycles. The van der Waals surface area contributed by atoms with Crippen LogP contribution >= 0.6 is 11.8 Å². The Morgan fingerprint density at radius 2 is 1.82 bits per heavy atom. The molecule has 5 rings (SSSR count). The van der Waals surface area contributed by atoms with E-state index in [1.807, 2.05) is 36.5 Å². The molecule has 40 heavy (non-hydrogen) atoms. The van der Waals surface area contributed by atoms with Crippen molar-refractivity contribution in [3.8, 4) is 5.75 Å². The zero-order chi connectivity index (χ0) is 28.6. The average molecular weight is 568 g/mol. The van der Waals surface area contributed by atoms with Gasteiger partial charge in [0.25, 0.3) is 0 Å². The molecular formula is C27H29N5O7S. The number of nitrogens with zero attached hydrogens (tertiary/aromatic N) is 2. The highest BCUT2D eigenvalue weighted by atomic mass is 32.2. The number of aliphatic carboxylic acids is 2. The van der Waals surface area contributed by atoms with Gasteiger partial charge in [0.2, 0.25) is 11.8 Å². The van der Waals surface area contributed by atoms with Crippen LogP contribution in [0.1, 0.15) is 31.2 Å². The number of amides is 2. The Morgan fingerprint density at radius 3 is 2.52 bits per heavy atom. The van der Waals surface area contributed by atoms with Crippen LogP contribution < -0.4 is 20.7 Å². The van der Waals surface area contributed by atoms with Crippen molar-refractivity contribution in [1.29, 1.82) is 0 Å². The molecule has 2 amide bonds. The summed E-state index contributed by atoms with van der Waals surface area (Å²) in [5.74, 6) is -2.44. The van der Waals surface area contributed by atoms with E-state index in [2.05, 4.69) is 25.9 Å². The fourth-order valence-electron chi connectivity index (χ4n) is 4.53. The van der Waals surface area contributed by atoms with Gasteiger partial charge in [0, 0.05) is 36.3 Å². The molecule has 2 aliphatic rings. The lowest BCUT2D eigenvalue weighted by Gasteiger charge is -2.28. The van der Waals surface area contributed by atoms with Gasteiger partial charge in [-0.05, 0) is 61.6 Å². The van der Waals surface area contributed by atoms with Gasteiger partial charge in [-0.15, -0.1) is 0 Å². The third-order valence-corrected chi connectivity index (χ3v) is 7.61. The van der Waals surface area contributed by atoms with Crippen molar-refractivity contribution >= 4 is 57.8 Å². The van der Waals surface area contributed by atoms with Gasteiger partial charge in [0.15, 0.2) is 0 Å². The highest BCUT2D eigenvalue weighted by Crippen LogP contribution is 2.31. The maximum Gasteiger partial charge on any atom is 0.414 e. The number of carbonyl (C=O) groups excluding carboxylic acids is 2. The van der Waals surface area contributed by atoms with Gasteiger partial charge < -0.3 is 30.9 Å². The summed E-state index contributed by atoms with van der Waals surface area (Å²) in [5.41, 5.74) is 3.42. The van der Waals surface area contributed by atoms with Crippen LogP contribution in [0.5, 0.6) is 5.75 Å². The Hall–Kier alpha value is -4.23. The van der Waals surface area contributed by atoms with E-state index in [4.69, 9.17) is 24.5 Å². The van der Waals surface area contributed by atoms with E-state index in [1.54, 1.807) is 13.3 Å². The molecule has 2 aromatic heterocycles. The molecule has 210 valence electrons. The van der Waals surface area contributed by atoms with Crippen LogP contribution in [0.25, 0.3) is 10.9 Å². The maximum absolute atomic E-state index is 13.0. The summed E-state index contributed by atoms with van der Waals surface area (Å²) in [5, 5.41) is 26.1. The number of anilines is 2. The van der Waals surface area contributed by atoms with Gasteiger partial charge in [0.05, 0.1) is 29.8 Å². The number of carbonyl (C=O) groups is 4. The Bertz CT molecular complexity index is 1410. The van der Waals surface area contributed by atoms with Crippen molar-refractivity contribution in [3.63, 3.8) is 0 Å². The fraction of sp³-hybridized carbons (Fsp3) is 0.333. The topological polar surface area (TPSA) is 180 Å². The molecule has 1 saturated carbocycles. The number of nitrogens with one attached hydrogen (secondary N) is 3. The molecule has 0 unspecified atom stereocenters. The smallest absolute Gasteiger partial charge is 0.414 e. The highest BCUT2D eigenvalue weighted by molar-refractivity contribution is 8.00. The van der Waals surface area contributed by atoms with Crippen molar-refractivity contribution < 1.29 is 34.1 Å². The minimum Gasteiger partial charge on any atom is -0.497 e. The molecule has 1 aromatic carbocycles. The number of carboxylic acid groups (broad SMARTS) is 2. The van der Waals surface area contributed by atoms with Crippen LogP contribution in [0, 0.1) is 5.92 Å². The van der Waals surface area contributed by atoms with Crippen LogP contribution in [-0.2, 0) is 25.7 Å². The molecule has 3 aromatic rings. The van der Waals surface area contributed by atoms with Crippen LogP contribution in [-0.4, -0.2) is 62.8 Å². The van der Waals surface area contributed by atoms with Crippen LogP contribution in [0.15, 0.2) is 47.8 Å². The van der Waals surface area contributed by atoms with Crippen molar-refractivity contribution in [1.82, 2.24) is 15.3 Å². The summed E-state index contributed by atoms with van der Waals surface area (Å²) >= 11 is 1.47. The molecule has 12 nitrogen and oxygen atoms in total. The summed E-state index contributed by atoms with van der Waals surface area (Å²) in [6.07, 6.45) is 7.13. The molecule has 0 saturated heterocycles. The van der Waals surface area contributed by atoms with E-state index in [1.165, 1.54) is 11.8 Å². The minimum absolute atomic E-state index is 0.00970. The number of hydrogen-bond donors (Lipinski definition) is 5. The van der Waals surface area contributed by atoms with Crippen molar-refractivity contribution in [2.45, 2.75) is 43.3 Å². The summed E-state index contributed by atoms with van der Waals surface area (Å²) in [7, 11) is 1.63. The lowest BCUT2D eigenvalue weighted by molar-refractivity contribution is -0.159. The predicted molar refractivity (Wildman–Crippen MR) is 148 cm³/mol. The van der Waals surface area contributed by atoms with Crippen LogP contribution in [0.2, 0.25) is 0 Å². The highest BCUT2D eigenvalue weighted by Gasteiger charge is 2.27. The largest absolute Gasteiger partial charge is 0.497 e. The number of rotatable bonds is 6. The first kappa shape index (κ1) is 28.8. The van der Waals surface area contributed by atoms with E-state index >= 15 is 0 Å². The number of thioether (sulfide) groups is 1. The number of aromatic nitrogens is 2. The minimum atomic E-state index is -1.82. The summed E-state index contributed by atoms with van der Waals surface area (Å²) < 4.78 is 5.33. The zero-order valence-corrected chi connectivity index (χ0v) is 22.5. The quantitative estimate of drug-likeness (QED) is 0.276. The monoisotopic (exact) mass is 567 g/mol. The lowest BCUT2D eigenvalue weighted by Crippen LogP contribution is -2.36. The van der Waals surface area contributed by atoms with Gasteiger partial charge in [-0.25, -0.2) is 14.6 Å². The Morgan fingerprint density at radius 1 is 1.07 bits per heavy atom. The van der Waals surface area contributed by atoms with E-state index in [9.17, 15) is 9.59 Å². The molecule has 0 atom stereocenters. The summed E-state index contributed by atoms with van der Waals surface area (Å²) in [6.45, 7) is 0.688. The number of fused-ring (bicyclic) bond motifs is 2. The first-order valence-corrected chi connectivity index (χ1v) is 13.6. The Balaban J connectivity index is 0.000000557. The predicted octanol–water partition coefficient (Wildman–Crippen LogP) is 3.13. The molecule has 1 aliphatic carbocycles. The number of benzene rings is 1. The van der Waals surface area contributed by atoms with Gasteiger partial charge in [-0.2, -0.15) is 0 Å². The van der Waals surface area contributed by atoms with Crippen molar-refractivity contribution in [3.05, 3.63) is 48.3 Å². The third-order valence-electron chi connectivity index (χ3n) is 6.60. The number of carboxylic acids is 2. The Kier molecular flexibility index (Phi) is 9.51. The van der Waals surface area contributed by atoms with Crippen molar-refractivity contribution in [2.24, 2.45) is 5.92 Å². The number of ether oxygens (including phenoxy) is 1. The molecule has 13 heteroatoms. The SMILES string of the molecule is COc1ccc2nccc(NC(=O)C3CCC(NCc4cnc5c(c4)NC(=O)CS5)CC3)c2c1.O=C(O)C(=O)O. The number of methoxy groups -OCH3 is 1. The summed E-state index contributed by atoms with van der Waals surface area (Å²) in [4.78, 5) is 51.7. The molecule has 1 aliphatic heterocycles. The molecule has 0 bridgehead atoms. The van der Waals surface area contributed by atoms with Crippen molar-refractivity contribution in [2.75, 3.05) is 23.5 Å². The second-order valence-electron chi connectivity index (χ2n) is 9.30. The van der Waals surface area contributed by atoms with Gasteiger partial charge in [0.1, 0.15) is 10.8 Å². The maximum atomic E-state index is 13.0. The molecular weight excluding hydrogens is 538 g/mol. The average Bonchev–Trinajstić information content (AvgIpc) is 2.96. The Labute approximate surface area is 233 Å². The number of hydrogen-bond acceptors (Lipinski definition) is 9. The normalized spacial score (nSPS) is 18.0. The van der Waals surface area contributed by atoms with Gasteiger partial charge in [-0.3, -0.25) is 14.6 Å². The lowest BCUT2D eigenvalue weighted by atomic mass is 9.85. The van der Waals surface area contributed by atoms with E-state index in [-0.39, 0.29) is 17.7 Å². The van der Waals surface area contributed by atoms with E-state index in [0.29, 0.717) is 18.3 Å². The molecule has 1 fully saturated rings. The molecule has 5 N–H and O–H groups in total. The standard InChI is InChI=1S/C25H27N5O3S.C2H2O4/c1-33-18-6-7-20-19(11-18)21(8-9-26-20)30-24(32)16-2-4-17(5-3-16)27-12-15-10-22-25(28-13-15)34-14-23(31)29-22;3-1(4)2(5)6/h6-11,13,16-17,27H,2-5,12,14H2,1H3,(H,29,31)(H,26,30,32);(H,3,4)(H,5,6). The van der Waals surface area contributed by atoms with Gasteiger partial charge in [-0.1, -0.05) is 11.8 Å². The fourth-order valence-corrected chi connectivity index (χ4v) is 5.27. The second kappa shape index (κ2) is 13.2. The number of pyridine rings is 2. The van der Waals surface area contributed by atoms with Crippen LogP contribution in [0.4, 0.5) is 11.4 Å². The second-order valence-corrected chi connectivity index (χ2v) is 10.3. The van der Waals surface area contributed by atoms with Gasteiger partial charge >= 0.3 is 11.9 Å². The third kappa shape index (κ3) is 7.45. The first-order chi connectivity index (χ1) is 19.2. The summed E-state index contributed by atoms with van der Waals surface area (Å²) in [6, 6.07) is 9.84. The zero-order valence-electron chi connectivity index (χ0n) is 21.7.